The van der Waals surface area contributed by atoms with Crippen LogP contribution in [0.25, 0.3) is 0 Å². The highest BCUT2D eigenvalue weighted by Crippen LogP contribution is 2.31. The number of hydrogen-bond acceptors (Lipinski definition) is 7. The molecule has 1 saturated heterocycles. The molecular formula is C13H16N2O5S. The van der Waals surface area contributed by atoms with E-state index in [1.165, 1.54) is 23.3 Å². The molecule has 1 atom stereocenters. The number of nitrogens with zero attached hydrogens (tertiary/aromatic N) is 2. The van der Waals surface area contributed by atoms with E-state index in [0.29, 0.717) is 10.0 Å². The van der Waals surface area contributed by atoms with Crippen LogP contribution >= 0.6 is 11.3 Å². The number of amides is 1. The minimum Gasteiger partial charge on any atom is -0.469 e. The normalized spacial score (nSPS) is 18.0. The number of ether oxygens (including phenoxy) is 2. The highest BCUT2D eigenvalue weighted by atomic mass is 32.1. The lowest BCUT2D eigenvalue weighted by Gasteiger charge is -2.11. The lowest BCUT2D eigenvalue weighted by molar-refractivity contribution is -0.145. The highest BCUT2D eigenvalue weighted by Gasteiger charge is 2.37. The van der Waals surface area contributed by atoms with Gasteiger partial charge in [-0.15, -0.1) is 11.3 Å². The third-order valence-corrected chi connectivity index (χ3v) is 4.14. The van der Waals surface area contributed by atoms with Crippen LogP contribution < -0.4 is 4.90 Å². The van der Waals surface area contributed by atoms with Crippen molar-refractivity contribution in [2.24, 2.45) is 5.92 Å². The van der Waals surface area contributed by atoms with Crippen molar-refractivity contribution in [2.45, 2.75) is 20.3 Å². The van der Waals surface area contributed by atoms with Gasteiger partial charge in [0, 0.05) is 17.8 Å². The Balaban J connectivity index is 2.19. The molecule has 2 heterocycles. The Bertz CT molecular complexity index is 583. The maximum atomic E-state index is 12.0. The zero-order chi connectivity index (χ0) is 15.6. The van der Waals surface area contributed by atoms with Crippen molar-refractivity contribution < 1.29 is 23.9 Å². The van der Waals surface area contributed by atoms with Crippen LogP contribution in [0.3, 0.4) is 0 Å². The molecule has 0 radical (unpaired) electrons. The predicted molar refractivity (Wildman–Crippen MR) is 75.3 cm³/mol. The number of carbonyl (C=O) groups is 3. The summed E-state index contributed by atoms with van der Waals surface area (Å²) in [6.07, 6.45) is 0.0973. The Morgan fingerprint density at radius 2 is 2.19 bits per heavy atom. The van der Waals surface area contributed by atoms with Crippen LogP contribution in [0, 0.1) is 12.8 Å². The Kier molecular flexibility index (Phi) is 4.56. The van der Waals surface area contributed by atoms with E-state index >= 15 is 0 Å². The fourth-order valence-electron chi connectivity index (χ4n) is 2.10. The molecule has 0 aliphatic carbocycles. The second-order valence-corrected chi connectivity index (χ2v) is 5.73. The van der Waals surface area contributed by atoms with Gasteiger partial charge >= 0.3 is 11.9 Å². The molecule has 1 aromatic heterocycles. The lowest BCUT2D eigenvalue weighted by Crippen LogP contribution is -2.26. The number of methoxy groups -OCH3 is 1. The van der Waals surface area contributed by atoms with Gasteiger partial charge in [-0.05, 0) is 13.8 Å². The van der Waals surface area contributed by atoms with Crippen LogP contribution in [0.15, 0.2) is 0 Å². The van der Waals surface area contributed by atoms with Crippen molar-refractivity contribution in [3.05, 3.63) is 10.6 Å². The summed E-state index contributed by atoms with van der Waals surface area (Å²) in [5, 5.41) is 0.409. The van der Waals surface area contributed by atoms with Crippen LogP contribution in [-0.2, 0) is 19.1 Å². The van der Waals surface area contributed by atoms with Crippen molar-refractivity contribution in [1.29, 1.82) is 0 Å². The molecule has 0 bridgehead atoms. The van der Waals surface area contributed by atoms with Gasteiger partial charge in [0.25, 0.3) is 0 Å². The van der Waals surface area contributed by atoms with Gasteiger partial charge in [0.1, 0.15) is 0 Å². The first-order chi connectivity index (χ1) is 9.97. The van der Waals surface area contributed by atoms with E-state index in [1.807, 2.05) is 0 Å². The fourth-order valence-corrected chi connectivity index (χ4v) is 3.03. The zero-order valence-electron chi connectivity index (χ0n) is 12.0. The molecule has 114 valence electrons. The molecule has 1 aliphatic rings. The number of rotatable bonds is 4. The van der Waals surface area contributed by atoms with E-state index in [0.717, 1.165) is 0 Å². The van der Waals surface area contributed by atoms with E-state index < -0.39 is 17.9 Å². The number of carbonyl (C=O) groups excluding carboxylic acids is 3. The SMILES string of the molecule is CCOC(=O)c1nc(N2CC(C(=O)OC)CC2=O)sc1C. The average Bonchev–Trinajstić information content (AvgIpc) is 3.01. The molecule has 1 fully saturated rings. The lowest BCUT2D eigenvalue weighted by atomic mass is 10.1. The second-order valence-electron chi connectivity index (χ2n) is 4.55. The van der Waals surface area contributed by atoms with Crippen LogP contribution in [0.4, 0.5) is 5.13 Å². The molecule has 1 aromatic rings. The molecule has 0 spiro atoms. The summed E-state index contributed by atoms with van der Waals surface area (Å²) >= 11 is 1.23. The number of esters is 2. The summed E-state index contributed by atoms with van der Waals surface area (Å²) in [6.45, 7) is 3.94. The molecule has 1 amide bonds. The molecule has 1 unspecified atom stereocenters. The minimum atomic E-state index is -0.506. The van der Waals surface area contributed by atoms with Crippen molar-refractivity contribution in [3.63, 3.8) is 0 Å². The molecule has 0 aromatic carbocycles. The molecule has 21 heavy (non-hydrogen) atoms. The minimum absolute atomic E-state index is 0.0973. The fraction of sp³-hybridized carbons (Fsp3) is 0.538. The van der Waals surface area contributed by atoms with Crippen molar-refractivity contribution in [3.8, 4) is 0 Å². The van der Waals surface area contributed by atoms with Crippen molar-refractivity contribution >= 4 is 34.3 Å². The van der Waals surface area contributed by atoms with E-state index in [-0.39, 0.29) is 31.2 Å². The van der Waals surface area contributed by atoms with Gasteiger partial charge in [0.2, 0.25) is 5.91 Å². The van der Waals surface area contributed by atoms with Crippen molar-refractivity contribution in [2.75, 3.05) is 25.2 Å². The number of hydrogen-bond donors (Lipinski definition) is 0. The third kappa shape index (κ3) is 3.05. The molecule has 0 saturated carbocycles. The first kappa shape index (κ1) is 15.4. The Hall–Kier alpha value is -1.96. The predicted octanol–water partition coefficient (Wildman–Crippen LogP) is 1.15. The zero-order valence-corrected chi connectivity index (χ0v) is 12.9. The molecule has 2 rings (SSSR count). The summed E-state index contributed by atoms with van der Waals surface area (Å²) in [7, 11) is 1.29. The first-order valence-corrected chi connectivity index (χ1v) is 7.32. The first-order valence-electron chi connectivity index (χ1n) is 6.50. The number of anilines is 1. The summed E-state index contributed by atoms with van der Waals surface area (Å²) in [5.41, 5.74) is 0.214. The summed E-state index contributed by atoms with van der Waals surface area (Å²) in [5.74, 6) is -1.61. The van der Waals surface area contributed by atoms with E-state index in [1.54, 1.807) is 13.8 Å². The van der Waals surface area contributed by atoms with E-state index in [2.05, 4.69) is 9.72 Å². The Morgan fingerprint density at radius 1 is 1.48 bits per heavy atom. The summed E-state index contributed by atoms with van der Waals surface area (Å²) in [4.78, 5) is 41.5. The molecule has 0 N–H and O–H groups in total. The topological polar surface area (TPSA) is 85.8 Å². The number of aromatic nitrogens is 1. The Morgan fingerprint density at radius 3 is 2.81 bits per heavy atom. The largest absolute Gasteiger partial charge is 0.469 e. The van der Waals surface area contributed by atoms with E-state index in [9.17, 15) is 14.4 Å². The summed E-state index contributed by atoms with van der Waals surface area (Å²) in [6, 6.07) is 0. The van der Waals surface area contributed by atoms with Gasteiger partial charge in [-0.3, -0.25) is 14.5 Å². The smallest absolute Gasteiger partial charge is 0.358 e. The van der Waals surface area contributed by atoms with Crippen LogP contribution in [0.2, 0.25) is 0 Å². The molecule has 7 nitrogen and oxygen atoms in total. The molecule has 1 aliphatic heterocycles. The molecule has 8 heteroatoms. The average molecular weight is 312 g/mol. The van der Waals surface area contributed by atoms with Gasteiger partial charge in [0.05, 0.1) is 19.6 Å². The summed E-state index contributed by atoms with van der Waals surface area (Å²) < 4.78 is 9.57. The van der Waals surface area contributed by atoms with Gasteiger partial charge in [-0.1, -0.05) is 0 Å². The second kappa shape index (κ2) is 6.21. The molecular weight excluding hydrogens is 296 g/mol. The van der Waals surface area contributed by atoms with Crippen molar-refractivity contribution in [1.82, 2.24) is 4.98 Å². The number of aryl methyl sites for hydroxylation is 1. The van der Waals surface area contributed by atoms with Crippen LogP contribution in [-0.4, -0.2) is 43.1 Å². The van der Waals surface area contributed by atoms with Gasteiger partial charge < -0.3 is 9.47 Å². The van der Waals surface area contributed by atoms with Gasteiger partial charge in [0.15, 0.2) is 10.8 Å². The van der Waals surface area contributed by atoms with Crippen LogP contribution in [0.1, 0.15) is 28.7 Å². The van der Waals surface area contributed by atoms with Gasteiger partial charge in [-0.2, -0.15) is 0 Å². The highest BCUT2D eigenvalue weighted by molar-refractivity contribution is 7.16. The van der Waals surface area contributed by atoms with Crippen LogP contribution in [0.5, 0.6) is 0 Å². The van der Waals surface area contributed by atoms with Gasteiger partial charge in [-0.25, -0.2) is 9.78 Å². The standard InChI is InChI=1S/C13H16N2O5S/c1-4-20-12(18)10-7(2)21-13(14-10)15-6-8(5-9(15)16)11(17)19-3/h8H,4-6H2,1-3H3. The quantitative estimate of drug-likeness (QED) is 0.775. The maximum absolute atomic E-state index is 12.0. The monoisotopic (exact) mass is 312 g/mol. The Labute approximate surface area is 125 Å². The number of thiazole rings is 1. The van der Waals surface area contributed by atoms with E-state index in [4.69, 9.17) is 4.74 Å². The third-order valence-electron chi connectivity index (χ3n) is 3.14. The maximum Gasteiger partial charge on any atom is 0.358 e.